The maximum atomic E-state index is 11.9. The van der Waals surface area contributed by atoms with E-state index in [1.165, 1.54) is 11.8 Å². The Labute approximate surface area is 153 Å². The van der Waals surface area contributed by atoms with Gasteiger partial charge in [0.1, 0.15) is 0 Å². The van der Waals surface area contributed by atoms with E-state index in [1.54, 1.807) is 0 Å². The summed E-state index contributed by atoms with van der Waals surface area (Å²) in [5, 5.41) is 2.73. The van der Waals surface area contributed by atoms with Crippen molar-refractivity contribution in [3.8, 4) is 0 Å². The minimum atomic E-state index is -0.402. The third-order valence-electron chi connectivity index (χ3n) is 3.84. The molecular weight excluding hydrogens is 334 g/mol. The van der Waals surface area contributed by atoms with E-state index in [9.17, 15) is 9.59 Å². The first-order chi connectivity index (χ1) is 11.8. The molecule has 0 radical (unpaired) electrons. The molecule has 0 atom stereocenters. The molecule has 1 amide bonds. The second-order valence-electron chi connectivity index (χ2n) is 6.07. The second-order valence-corrected chi connectivity index (χ2v) is 7.08. The molecule has 2 aromatic carbocycles. The van der Waals surface area contributed by atoms with E-state index in [-0.39, 0.29) is 18.3 Å². The number of aryl methyl sites for hydroxylation is 4. The quantitative estimate of drug-likeness (QED) is 0.622. The Hall–Kier alpha value is -2.27. The van der Waals surface area contributed by atoms with Gasteiger partial charge in [-0.2, -0.15) is 0 Å². The molecule has 0 unspecified atom stereocenters. The van der Waals surface area contributed by atoms with Crippen molar-refractivity contribution in [2.75, 3.05) is 17.7 Å². The number of amides is 1. The van der Waals surface area contributed by atoms with E-state index in [1.807, 2.05) is 64.1 Å². The van der Waals surface area contributed by atoms with Crippen LogP contribution < -0.4 is 5.32 Å². The third-order valence-corrected chi connectivity index (χ3v) is 4.97. The van der Waals surface area contributed by atoms with Gasteiger partial charge in [-0.25, -0.2) is 0 Å². The van der Waals surface area contributed by atoms with Crippen LogP contribution in [0.15, 0.2) is 41.3 Å². The number of nitrogens with one attached hydrogen (secondary N) is 1. The van der Waals surface area contributed by atoms with Crippen molar-refractivity contribution < 1.29 is 14.3 Å². The highest BCUT2D eigenvalue weighted by molar-refractivity contribution is 8.00. The zero-order valence-corrected chi connectivity index (χ0v) is 15.8. The maximum Gasteiger partial charge on any atom is 0.316 e. The van der Waals surface area contributed by atoms with Crippen molar-refractivity contribution in [1.29, 1.82) is 0 Å². The van der Waals surface area contributed by atoms with Crippen molar-refractivity contribution in [1.82, 2.24) is 0 Å². The van der Waals surface area contributed by atoms with Gasteiger partial charge in [0.25, 0.3) is 5.91 Å². The Bertz CT molecular complexity index is 787. The average molecular weight is 357 g/mol. The van der Waals surface area contributed by atoms with Crippen LogP contribution in [0.1, 0.15) is 22.3 Å². The van der Waals surface area contributed by atoms with Crippen LogP contribution >= 0.6 is 11.8 Å². The van der Waals surface area contributed by atoms with Gasteiger partial charge in [0.2, 0.25) is 0 Å². The van der Waals surface area contributed by atoms with Crippen LogP contribution in [0, 0.1) is 27.7 Å². The van der Waals surface area contributed by atoms with Crippen molar-refractivity contribution in [3.05, 3.63) is 58.7 Å². The SMILES string of the molecule is Cc1ccc(C)c(SCC(=O)OCC(=O)Nc2ccc(C)c(C)c2)c1. The molecule has 0 aliphatic heterocycles. The van der Waals surface area contributed by atoms with Gasteiger partial charge in [-0.3, -0.25) is 9.59 Å². The second kappa shape index (κ2) is 8.72. The van der Waals surface area contributed by atoms with Crippen molar-refractivity contribution in [2.45, 2.75) is 32.6 Å². The lowest BCUT2D eigenvalue weighted by atomic mass is 10.1. The number of hydrogen-bond donors (Lipinski definition) is 1. The first-order valence-electron chi connectivity index (χ1n) is 8.08. The molecule has 1 N–H and O–H groups in total. The maximum absolute atomic E-state index is 11.9. The number of ether oxygens (including phenoxy) is 1. The number of benzene rings is 2. The molecule has 25 heavy (non-hydrogen) atoms. The number of anilines is 1. The Morgan fingerprint density at radius 3 is 2.40 bits per heavy atom. The summed E-state index contributed by atoms with van der Waals surface area (Å²) in [7, 11) is 0. The fourth-order valence-electron chi connectivity index (χ4n) is 2.20. The minimum Gasteiger partial charge on any atom is -0.455 e. The van der Waals surface area contributed by atoms with Crippen LogP contribution in [0.5, 0.6) is 0 Å². The summed E-state index contributed by atoms with van der Waals surface area (Å²) in [6, 6.07) is 11.8. The highest BCUT2D eigenvalue weighted by Gasteiger charge is 2.10. The molecule has 2 rings (SSSR count). The number of thioether (sulfide) groups is 1. The average Bonchev–Trinajstić information content (AvgIpc) is 2.57. The molecular formula is C20H23NO3S. The van der Waals surface area contributed by atoms with Crippen LogP contribution in [0.2, 0.25) is 0 Å². The number of esters is 1. The van der Waals surface area contributed by atoms with Gasteiger partial charge >= 0.3 is 5.97 Å². The minimum absolute atomic E-state index is 0.182. The van der Waals surface area contributed by atoms with E-state index >= 15 is 0 Å². The molecule has 0 saturated carbocycles. The first-order valence-corrected chi connectivity index (χ1v) is 9.06. The number of carbonyl (C=O) groups is 2. The Balaban J connectivity index is 1.78. The van der Waals surface area contributed by atoms with Crippen LogP contribution in [-0.4, -0.2) is 24.2 Å². The fraction of sp³-hybridized carbons (Fsp3) is 0.300. The largest absolute Gasteiger partial charge is 0.455 e. The zero-order valence-electron chi connectivity index (χ0n) is 15.0. The molecule has 0 heterocycles. The lowest BCUT2D eigenvalue weighted by Gasteiger charge is -2.09. The molecule has 132 valence electrons. The van der Waals surface area contributed by atoms with E-state index < -0.39 is 5.97 Å². The normalized spacial score (nSPS) is 10.4. The van der Waals surface area contributed by atoms with Gasteiger partial charge in [0, 0.05) is 10.6 Å². The Kier molecular flexibility index (Phi) is 6.65. The van der Waals surface area contributed by atoms with E-state index in [0.29, 0.717) is 5.69 Å². The molecule has 0 aliphatic rings. The smallest absolute Gasteiger partial charge is 0.316 e. The predicted molar refractivity (Wildman–Crippen MR) is 102 cm³/mol. The van der Waals surface area contributed by atoms with Gasteiger partial charge in [-0.15, -0.1) is 11.8 Å². The van der Waals surface area contributed by atoms with Crippen molar-refractivity contribution in [2.24, 2.45) is 0 Å². The summed E-state index contributed by atoms with van der Waals surface area (Å²) >= 11 is 1.42. The van der Waals surface area contributed by atoms with Gasteiger partial charge < -0.3 is 10.1 Å². The lowest BCUT2D eigenvalue weighted by Crippen LogP contribution is -2.21. The first kappa shape index (κ1) is 19.1. The molecule has 0 aliphatic carbocycles. The summed E-state index contributed by atoms with van der Waals surface area (Å²) in [5.74, 6) is -0.559. The molecule has 2 aromatic rings. The molecule has 0 spiro atoms. The van der Waals surface area contributed by atoms with E-state index in [4.69, 9.17) is 4.74 Å². The van der Waals surface area contributed by atoms with Crippen LogP contribution in [0.3, 0.4) is 0 Å². The molecule has 5 heteroatoms. The van der Waals surface area contributed by atoms with Gasteiger partial charge in [0.05, 0.1) is 5.75 Å². The fourth-order valence-corrected chi connectivity index (χ4v) is 3.13. The van der Waals surface area contributed by atoms with Crippen LogP contribution in [-0.2, 0) is 14.3 Å². The van der Waals surface area contributed by atoms with Crippen LogP contribution in [0.25, 0.3) is 0 Å². The summed E-state index contributed by atoms with van der Waals surface area (Å²) in [6.07, 6.45) is 0. The van der Waals surface area contributed by atoms with Crippen LogP contribution in [0.4, 0.5) is 5.69 Å². The number of carbonyl (C=O) groups excluding carboxylic acids is 2. The van der Waals surface area contributed by atoms with E-state index in [0.717, 1.165) is 27.1 Å². The standard InChI is InChI=1S/C20H23NO3S/c1-13-5-6-15(3)18(9-13)25-12-20(23)24-11-19(22)21-17-8-7-14(2)16(4)10-17/h5-10H,11-12H2,1-4H3,(H,21,22). The summed E-state index contributed by atoms with van der Waals surface area (Å²) in [5.41, 5.74) is 5.23. The summed E-state index contributed by atoms with van der Waals surface area (Å²) < 4.78 is 5.05. The molecule has 0 fully saturated rings. The van der Waals surface area contributed by atoms with Gasteiger partial charge in [-0.05, 0) is 62.6 Å². The summed E-state index contributed by atoms with van der Waals surface area (Å²) in [4.78, 5) is 24.8. The monoisotopic (exact) mass is 357 g/mol. The number of hydrogen-bond acceptors (Lipinski definition) is 4. The van der Waals surface area contributed by atoms with E-state index in [2.05, 4.69) is 5.32 Å². The third kappa shape index (κ3) is 5.94. The Morgan fingerprint density at radius 1 is 0.960 bits per heavy atom. The summed E-state index contributed by atoms with van der Waals surface area (Å²) in [6.45, 7) is 7.73. The molecule has 0 bridgehead atoms. The zero-order chi connectivity index (χ0) is 18.4. The Morgan fingerprint density at radius 2 is 1.68 bits per heavy atom. The van der Waals surface area contributed by atoms with Gasteiger partial charge in [-0.1, -0.05) is 23.8 Å². The predicted octanol–water partition coefficient (Wildman–Crippen LogP) is 4.19. The number of rotatable bonds is 6. The highest BCUT2D eigenvalue weighted by Crippen LogP contribution is 2.23. The topological polar surface area (TPSA) is 55.4 Å². The molecule has 4 nitrogen and oxygen atoms in total. The molecule has 0 aromatic heterocycles. The molecule has 0 saturated heterocycles. The van der Waals surface area contributed by atoms with Gasteiger partial charge in [0.15, 0.2) is 6.61 Å². The van der Waals surface area contributed by atoms with Crippen molar-refractivity contribution in [3.63, 3.8) is 0 Å². The highest BCUT2D eigenvalue weighted by atomic mass is 32.2. The van der Waals surface area contributed by atoms with Crippen molar-refractivity contribution >= 4 is 29.3 Å². The lowest BCUT2D eigenvalue weighted by molar-refractivity contribution is -0.144.